The van der Waals surface area contributed by atoms with Gasteiger partial charge in [-0.2, -0.15) is 5.26 Å². The van der Waals surface area contributed by atoms with Crippen molar-refractivity contribution in [3.8, 4) is 6.07 Å². The van der Waals surface area contributed by atoms with Crippen LogP contribution in [0.25, 0.3) is 0 Å². The zero-order valence-corrected chi connectivity index (χ0v) is 8.28. The second kappa shape index (κ2) is 22.5. The summed E-state index contributed by atoms with van der Waals surface area (Å²) in [5, 5.41) is 7.51. The summed E-state index contributed by atoms with van der Waals surface area (Å²) < 4.78 is 0.111. The Labute approximate surface area is 83.9 Å². The highest BCUT2D eigenvalue weighted by atomic mass is 35.5. The maximum Gasteiger partial charge on any atom is 0.0992 e. The fourth-order valence-electron chi connectivity index (χ4n) is 0. The van der Waals surface area contributed by atoms with E-state index in [2.05, 4.69) is 26.3 Å². The predicted octanol–water partition coefficient (Wildman–Crippen LogP) is 3.99. The van der Waals surface area contributed by atoms with E-state index in [0.29, 0.717) is 0 Å². The van der Waals surface area contributed by atoms with E-state index in [1.54, 1.807) is 18.2 Å². The van der Waals surface area contributed by atoms with Crippen molar-refractivity contribution in [1.29, 1.82) is 5.26 Å². The molecular formula is C9H11Cl2N. The summed E-state index contributed by atoms with van der Waals surface area (Å²) >= 11 is 9.69. The van der Waals surface area contributed by atoms with Gasteiger partial charge in [-0.25, -0.2) is 0 Å². The number of hydrogen-bond donors (Lipinski definition) is 0. The standard InChI is InChI=1S/C4H6.C3H3N.C2H2Cl2/c1-3-4-2;1-2-3-4;1-2(3)4/h3-4H,1-2H2;2H,1H2;1H2. The van der Waals surface area contributed by atoms with Gasteiger partial charge in [0.2, 0.25) is 0 Å². The topological polar surface area (TPSA) is 23.8 Å². The fourth-order valence-corrected chi connectivity index (χ4v) is 0. The average molecular weight is 204 g/mol. The van der Waals surface area contributed by atoms with Gasteiger partial charge in [0.25, 0.3) is 0 Å². The summed E-state index contributed by atoms with van der Waals surface area (Å²) in [7, 11) is 0. The molecule has 0 saturated carbocycles. The molecule has 0 saturated heterocycles. The number of hydrogen-bond acceptors (Lipinski definition) is 1. The summed E-state index contributed by atoms with van der Waals surface area (Å²) in [6.45, 7) is 12.9. The lowest BCUT2D eigenvalue weighted by Crippen LogP contribution is -1.24. The minimum Gasteiger partial charge on any atom is -0.193 e. The molecule has 0 aromatic carbocycles. The molecule has 0 unspecified atom stereocenters. The van der Waals surface area contributed by atoms with Crippen molar-refractivity contribution in [2.45, 2.75) is 0 Å². The first-order valence-corrected chi connectivity index (χ1v) is 3.56. The van der Waals surface area contributed by atoms with Gasteiger partial charge in [-0.3, -0.25) is 0 Å². The fraction of sp³-hybridized carbons (Fsp3) is 0. The van der Waals surface area contributed by atoms with E-state index in [1.807, 2.05) is 0 Å². The van der Waals surface area contributed by atoms with Gasteiger partial charge < -0.3 is 0 Å². The normalized spacial score (nSPS) is 5.08. The Morgan fingerprint density at radius 1 is 1.17 bits per heavy atom. The van der Waals surface area contributed by atoms with E-state index in [9.17, 15) is 0 Å². The molecule has 0 radical (unpaired) electrons. The van der Waals surface area contributed by atoms with E-state index < -0.39 is 0 Å². The highest BCUT2D eigenvalue weighted by molar-refractivity contribution is 6.55. The maximum absolute atomic E-state index is 7.51. The lowest BCUT2D eigenvalue weighted by atomic mass is 10.6. The van der Waals surface area contributed by atoms with Crippen molar-refractivity contribution < 1.29 is 0 Å². The number of nitrogens with zero attached hydrogens (tertiary/aromatic N) is 1. The Morgan fingerprint density at radius 2 is 1.33 bits per heavy atom. The summed E-state index contributed by atoms with van der Waals surface area (Å²) in [5.74, 6) is 0. The third-order valence-electron chi connectivity index (χ3n) is 0.258. The molecular weight excluding hydrogens is 193 g/mol. The van der Waals surface area contributed by atoms with Crippen LogP contribution in [0.2, 0.25) is 0 Å². The molecule has 0 rings (SSSR count). The van der Waals surface area contributed by atoms with Crippen molar-refractivity contribution in [2.75, 3.05) is 0 Å². The smallest absolute Gasteiger partial charge is 0.0992 e. The molecule has 0 bridgehead atoms. The highest BCUT2D eigenvalue weighted by Crippen LogP contribution is 1.98. The summed E-state index contributed by atoms with van der Waals surface area (Å²) in [6.07, 6.45) is 4.46. The Kier molecular flexibility index (Phi) is 32.3. The molecule has 0 aliphatic heterocycles. The first kappa shape index (κ1) is 17.2. The van der Waals surface area contributed by atoms with Gasteiger partial charge in [-0.15, -0.1) is 0 Å². The molecule has 0 amide bonds. The monoisotopic (exact) mass is 203 g/mol. The van der Waals surface area contributed by atoms with Crippen LogP contribution < -0.4 is 0 Å². The average Bonchev–Trinajstić information content (AvgIpc) is 2.03. The lowest BCUT2D eigenvalue weighted by Gasteiger charge is -1.57. The van der Waals surface area contributed by atoms with Crippen LogP contribution in [0.4, 0.5) is 0 Å². The molecule has 1 nitrogen and oxygen atoms in total. The van der Waals surface area contributed by atoms with Gasteiger partial charge in [0.1, 0.15) is 0 Å². The quantitative estimate of drug-likeness (QED) is 0.468. The van der Waals surface area contributed by atoms with Crippen molar-refractivity contribution in [1.82, 2.24) is 0 Å². The van der Waals surface area contributed by atoms with E-state index in [4.69, 9.17) is 28.5 Å². The third kappa shape index (κ3) is 549. The summed E-state index contributed by atoms with van der Waals surface area (Å²) in [6, 6.07) is 1.69. The van der Waals surface area contributed by atoms with Gasteiger partial charge in [0, 0.05) is 6.08 Å². The molecule has 0 N–H and O–H groups in total. The van der Waals surface area contributed by atoms with Crippen molar-refractivity contribution in [3.63, 3.8) is 0 Å². The Balaban J connectivity index is -0.000000101. The second-order valence-electron chi connectivity index (χ2n) is 1.14. The SMILES string of the molecule is C=C(Cl)Cl.C=CC#N.C=CC=C. The molecule has 0 aromatic rings. The van der Waals surface area contributed by atoms with Crippen LogP contribution in [0.1, 0.15) is 0 Å². The molecule has 0 heterocycles. The largest absolute Gasteiger partial charge is 0.193 e. The minimum atomic E-state index is 0.111. The summed E-state index contributed by atoms with van der Waals surface area (Å²) in [5.41, 5.74) is 0. The maximum atomic E-state index is 7.51. The number of halogens is 2. The van der Waals surface area contributed by atoms with Crippen molar-refractivity contribution >= 4 is 23.2 Å². The zero-order chi connectivity index (χ0) is 10.4. The van der Waals surface area contributed by atoms with Crippen LogP contribution in [0.3, 0.4) is 0 Å². The van der Waals surface area contributed by atoms with E-state index in [0.717, 1.165) is 0 Å². The molecule has 0 fully saturated rings. The van der Waals surface area contributed by atoms with Crippen molar-refractivity contribution in [2.24, 2.45) is 0 Å². The van der Waals surface area contributed by atoms with E-state index >= 15 is 0 Å². The predicted molar refractivity (Wildman–Crippen MR) is 57.1 cm³/mol. The molecule has 0 aliphatic carbocycles. The Bertz CT molecular complexity index is 167. The molecule has 0 atom stereocenters. The Hall–Kier alpha value is -0.970. The zero-order valence-electron chi connectivity index (χ0n) is 6.76. The van der Waals surface area contributed by atoms with Crippen LogP contribution in [0, 0.1) is 11.3 Å². The van der Waals surface area contributed by atoms with Crippen LogP contribution in [-0.4, -0.2) is 0 Å². The van der Waals surface area contributed by atoms with Gasteiger partial charge >= 0.3 is 0 Å². The molecule has 3 heteroatoms. The van der Waals surface area contributed by atoms with Crippen LogP contribution in [0.15, 0.2) is 49.0 Å². The van der Waals surface area contributed by atoms with Crippen LogP contribution in [-0.2, 0) is 0 Å². The third-order valence-corrected chi connectivity index (χ3v) is 0.258. The highest BCUT2D eigenvalue weighted by Gasteiger charge is 1.60. The van der Waals surface area contributed by atoms with Gasteiger partial charge in [-0.1, -0.05) is 61.7 Å². The van der Waals surface area contributed by atoms with Gasteiger partial charge in [-0.05, 0) is 0 Å². The van der Waals surface area contributed by atoms with Gasteiger partial charge in [0.15, 0.2) is 0 Å². The minimum absolute atomic E-state index is 0.111. The lowest BCUT2D eigenvalue weighted by molar-refractivity contribution is 1.54. The first-order chi connectivity index (χ1) is 5.56. The number of rotatable bonds is 1. The number of nitriles is 1. The van der Waals surface area contributed by atoms with Crippen LogP contribution in [0.5, 0.6) is 0 Å². The van der Waals surface area contributed by atoms with E-state index in [1.165, 1.54) is 6.08 Å². The molecule has 0 aromatic heterocycles. The second-order valence-corrected chi connectivity index (χ2v) is 2.25. The van der Waals surface area contributed by atoms with E-state index in [-0.39, 0.29) is 4.49 Å². The van der Waals surface area contributed by atoms with Crippen LogP contribution >= 0.6 is 23.2 Å². The molecule has 0 spiro atoms. The first-order valence-electron chi connectivity index (χ1n) is 2.80. The Morgan fingerprint density at radius 3 is 1.33 bits per heavy atom. The van der Waals surface area contributed by atoms with Crippen molar-refractivity contribution in [3.05, 3.63) is 49.0 Å². The molecule has 12 heavy (non-hydrogen) atoms. The molecule has 0 aliphatic rings. The summed E-state index contributed by atoms with van der Waals surface area (Å²) in [4.78, 5) is 0. The van der Waals surface area contributed by atoms with Gasteiger partial charge in [0.05, 0.1) is 10.6 Å². The number of allylic oxidation sites excluding steroid dienone is 3. The molecule has 66 valence electrons.